The van der Waals surface area contributed by atoms with E-state index < -0.39 is 6.04 Å². The molecule has 1 aromatic carbocycles. The van der Waals surface area contributed by atoms with Gasteiger partial charge in [0.2, 0.25) is 5.91 Å². The second-order valence-electron chi connectivity index (χ2n) is 4.25. The standard InChI is InChI=1S/C13H16N2O2/c1-3-15-12(16)8-11(13(15)17)14-10-6-4-5-9(2)7-10/h4-7,11,14H,3,8H2,1-2H3. The third kappa shape index (κ3) is 2.30. The summed E-state index contributed by atoms with van der Waals surface area (Å²) in [7, 11) is 0. The highest BCUT2D eigenvalue weighted by atomic mass is 16.2. The molecule has 0 spiro atoms. The van der Waals surface area contributed by atoms with E-state index in [2.05, 4.69) is 5.32 Å². The molecule has 1 atom stereocenters. The van der Waals surface area contributed by atoms with Gasteiger partial charge in [-0.3, -0.25) is 14.5 Å². The first kappa shape index (κ1) is 11.6. The summed E-state index contributed by atoms with van der Waals surface area (Å²) in [6, 6.07) is 7.37. The third-order valence-corrected chi connectivity index (χ3v) is 2.92. The minimum Gasteiger partial charge on any atom is -0.373 e. The van der Waals surface area contributed by atoms with Crippen LogP contribution in [0, 0.1) is 6.92 Å². The van der Waals surface area contributed by atoms with Gasteiger partial charge in [-0.25, -0.2) is 0 Å². The van der Waals surface area contributed by atoms with Crippen molar-refractivity contribution < 1.29 is 9.59 Å². The van der Waals surface area contributed by atoms with E-state index in [4.69, 9.17) is 0 Å². The quantitative estimate of drug-likeness (QED) is 0.804. The van der Waals surface area contributed by atoms with Crippen LogP contribution in [-0.2, 0) is 9.59 Å². The minimum absolute atomic E-state index is 0.0948. The number of likely N-dealkylation sites (N-methyl/N-ethyl adjacent to an activating group) is 1. The Morgan fingerprint density at radius 3 is 2.76 bits per heavy atom. The van der Waals surface area contributed by atoms with Crippen LogP contribution in [0.3, 0.4) is 0 Å². The van der Waals surface area contributed by atoms with E-state index in [1.807, 2.05) is 38.1 Å². The topological polar surface area (TPSA) is 49.4 Å². The number of carbonyl (C=O) groups is 2. The van der Waals surface area contributed by atoms with Gasteiger partial charge < -0.3 is 5.32 Å². The largest absolute Gasteiger partial charge is 0.373 e. The van der Waals surface area contributed by atoms with Crippen molar-refractivity contribution in [1.82, 2.24) is 4.90 Å². The van der Waals surface area contributed by atoms with Gasteiger partial charge in [0.15, 0.2) is 0 Å². The van der Waals surface area contributed by atoms with E-state index in [0.29, 0.717) is 6.54 Å². The smallest absolute Gasteiger partial charge is 0.252 e. The Bertz CT molecular complexity index is 456. The van der Waals surface area contributed by atoms with Crippen LogP contribution in [0.1, 0.15) is 18.9 Å². The van der Waals surface area contributed by atoms with Crippen LogP contribution in [0.15, 0.2) is 24.3 Å². The number of carbonyl (C=O) groups excluding carboxylic acids is 2. The van der Waals surface area contributed by atoms with Gasteiger partial charge in [0, 0.05) is 12.2 Å². The van der Waals surface area contributed by atoms with Crippen molar-refractivity contribution in [2.45, 2.75) is 26.3 Å². The van der Waals surface area contributed by atoms with Crippen LogP contribution in [-0.4, -0.2) is 29.3 Å². The molecule has 2 rings (SSSR count). The molecule has 17 heavy (non-hydrogen) atoms. The lowest BCUT2D eigenvalue weighted by Crippen LogP contribution is -2.34. The van der Waals surface area contributed by atoms with E-state index in [1.54, 1.807) is 0 Å². The lowest BCUT2D eigenvalue weighted by Gasteiger charge is -2.14. The van der Waals surface area contributed by atoms with Crippen LogP contribution in [0.2, 0.25) is 0 Å². The maximum Gasteiger partial charge on any atom is 0.252 e. The highest BCUT2D eigenvalue weighted by molar-refractivity contribution is 6.06. The SMILES string of the molecule is CCN1C(=O)CC(Nc2cccc(C)c2)C1=O. The summed E-state index contributed by atoms with van der Waals surface area (Å²) >= 11 is 0. The number of nitrogens with zero attached hydrogens (tertiary/aromatic N) is 1. The molecule has 2 amide bonds. The molecule has 1 heterocycles. The molecular weight excluding hydrogens is 216 g/mol. The first-order valence-corrected chi connectivity index (χ1v) is 5.79. The number of hydrogen-bond acceptors (Lipinski definition) is 3. The van der Waals surface area contributed by atoms with Crippen molar-refractivity contribution >= 4 is 17.5 Å². The minimum atomic E-state index is -0.413. The Labute approximate surface area is 101 Å². The van der Waals surface area contributed by atoms with Gasteiger partial charge in [0.05, 0.1) is 6.42 Å². The second-order valence-corrected chi connectivity index (χ2v) is 4.25. The van der Waals surface area contributed by atoms with E-state index in [9.17, 15) is 9.59 Å². The zero-order valence-corrected chi connectivity index (χ0v) is 10.1. The van der Waals surface area contributed by atoms with Crippen molar-refractivity contribution in [3.63, 3.8) is 0 Å². The summed E-state index contributed by atoms with van der Waals surface area (Å²) in [5.41, 5.74) is 2.01. The molecule has 1 unspecified atom stereocenters. The Morgan fingerprint density at radius 1 is 1.41 bits per heavy atom. The normalized spacial score (nSPS) is 19.9. The lowest BCUT2D eigenvalue weighted by atomic mass is 10.2. The molecule has 4 nitrogen and oxygen atoms in total. The van der Waals surface area contributed by atoms with E-state index in [-0.39, 0.29) is 18.2 Å². The van der Waals surface area contributed by atoms with Gasteiger partial charge in [0.25, 0.3) is 5.91 Å². The van der Waals surface area contributed by atoms with Crippen LogP contribution in [0.5, 0.6) is 0 Å². The van der Waals surface area contributed by atoms with Gasteiger partial charge in [-0.1, -0.05) is 12.1 Å². The Kier molecular flexibility index (Phi) is 3.13. The van der Waals surface area contributed by atoms with Gasteiger partial charge in [-0.05, 0) is 31.5 Å². The molecule has 0 saturated carbocycles. The number of imide groups is 1. The molecule has 1 N–H and O–H groups in total. The van der Waals surface area contributed by atoms with Crippen LogP contribution in [0.25, 0.3) is 0 Å². The van der Waals surface area contributed by atoms with Gasteiger partial charge in [-0.2, -0.15) is 0 Å². The molecule has 1 saturated heterocycles. The predicted octanol–water partition coefficient (Wildman–Crippen LogP) is 1.55. The van der Waals surface area contributed by atoms with Crippen LogP contribution < -0.4 is 5.32 Å². The summed E-state index contributed by atoms with van der Waals surface area (Å²) < 4.78 is 0. The highest BCUT2D eigenvalue weighted by Gasteiger charge is 2.37. The summed E-state index contributed by atoms with van der Waals surface area (Å²) in [6.45, 7) is 4.25. The van der Waals surface area contributed by atoms with Crippen molar-refractivity contribution in [3.8, 4) is 0 Å². The lowest BCUT2D eigenvalue weighted by molar-refractivity contribution is -0.138. The first-order valence-electron chi connectivity index (χ1n) is 5.79. The molecule has 0 bridgehead atoms. The van der Waals surface area contributed by atoms with Crippen molar-refractivity contribution in [1.29, 1.82) is 0 Å². The first-order chi connectivity index (χ1) is 8.11. The molecular formula is C13H16N2O2. The van der Waals surface area contributed by atoms with Gasteiger partial charge in [-0.15, -0.1) is 0 Å². The Morgan fingerprint density at radius 2 is 2.18 bits per heavy atom. The Balaban J connectivity index is 2.11. The fraction of sp³-hybridized carbons (Fsp3) is 0.385. The number of aryl methyl sites for hydroxylation is 1. The maximum atomic E-state index is 11.9. The molecule has 1 fully saturated rings. The van der Waals surface area contributed by atoms with E-state index in [0.717, 1.165) is 11.3 Å². The van der Waals surface area contributed by atoms with Crippen molar-refractivity contribution in [2.75, 3.05) is 11.9 Å². The molecule has 1 aliphatic rings. The maximum absolute atomic E-state index is 11.9. The molecule has 0 aliphatic carbocycles. The molecule has 0 aromatic heterocycles. The van der Waals surface area contributed by atoms with E-state index in [1.165, 1.54) is 4.90 Å². The molecule has 0 radical (unpaired) electrons. The van der Waals surface area contributed by atoms with E-state index >= 15 is 0 Å². The summed E-state index contributed by atoms with van der Waals surface area (Å²) in [6.07, 6.45) is 0.251. The fourth-order valence-corrected chi connectivity index (χ4v) is 2.06. The highest BCUT2D eigenvalue weighted by Crippen LogP contribution is 2.18. The molecule has 4 heteroatoms. The number of anilines is 1. The summed E-state index contributed by atoms with van der Waals surface area (Å²) in [4.78, 5) is 24.7. The zero-order valence-electron chi connectivity index (χ0n) is 10.1. The van der Waals surface area contributed by atoms with Gasteiger partial charge >= 0.3 is 0 Å². The number of nitrogens with one attached hydrogen (secondary N) is 1. The fourth-order valence-electron chi connectivity index (χ4n) is 2.06. The predicted molar refractivity (Wildman–Crippen MR) is 65.6 cm³/mol. The second kappa shape index (κ2) is 4.57. The van der Waals surface area contributed by atoms with Crippen LogP contribution >= 0.6 is 0 Å². The molecule has 1 aliphatic heterocycles. The number of amides is 2. The number of hydrogen-bond donors (Lipinski definition) is 1. The number of likely N-dealkylation sites (tertiary alicyclic amines) is 1. The molecule has 90 valence electrons. The third-order valence-electron chi connectivity index (χ3n) is 2.92. The zero-order chi connectivity index (χ0) is 12.4. The summed E-state index contributed by atoms with van der Waals surface area (Å²) in [5, 5.41) is 3.11. The molecule has 1 aromatic rings. The number of benzene rings is 1. The monoisotopic (exact) mass is 232 g/mol. The number of rotatable bonds is 3. The summed E-state index contributed by atoms with van der Waals surface area (Å²) in [5.74, 6) is -0.221. The van der Waals surface area contributed by atoms with Crippen LogP contribution in [0.4, 0.5) is 5.69 Å². The van der Waals surface area contributed by atoms with Crippen molar-refractivity contribution in [2.24, 2.45) is 0 Å². The Hall–Kier alpha value is -1.84. The van der Waals surface area contributed by atoms with Gasteiger partial charge in [0.1, 0.15) is 6.04 Å². The average molecular weight is 232 g/mol. The van der Waals surface area contributed by atoms with Crippen molar-refractivity contribution in [3.05, 3.63) is 29.8 Å². The average Bonchev–Trinajstić information content (AvgIpc) is 2.54.